The second kappa shape index (κ2) is 6.13. The van der Waals surface area contributed by atoms with Crippen molar-refractivity contribution in [2.75, 3.05) is 36.5 Å². The molecule has 0 radical (unpaired) electrons. The van der Waals surface area contributed by atoms with Gasteiger partial charge in [-0.1, -0.05) is 12.5 Å². The first-order valence-electron chi connectivity index (χ1n) is 7.34. The Labute approximate surface area is 119 Å². The van der Waals surface area contributed by atoms with Gasteiger partial charge in [0.25, 0.3) is 0 Å². The highest BCUT2D eigenvalue weighted by atomic mass is 16.6. The van der Waals surface area contributed by atoms with E-state index in [-0.39, 0.29) is 6.09 Å². The van der Waals surface area contributed by atoms with Crippen LogP contribution in [0.1, 0.15) is 19.3 Å². The Bertz CT molecular complexity index is 472. The van der Waals surface area contributed by atoms with Crippen molar-refractivity contribution in [2.45, 2.75) is 25.3 Å². The quantitative estimate of drug-likeness (QED) is 0.884. The number of carbonyl (C=O) groups is 1. The molecule has 108 valence electrons. The van der Waals surface area contributed by atoms with Gasteiger partial charge in [-0.3, -0.25) is 4.90 Å². The highest BCUT2D eigenvalue weighted by Crippen LogP contribution is 2.22. The number of cyclic esters (lactones) is 1. The summed E-state index contributed by atoms with van der Waals surface area (Å²) in [6.45, 7) is 3.15. The summed E-state index contributed by atoms with van der Waals surface area (Å²) < 4.78 is 4.97. The van der Waals surface area contributed by atoms with Gasteiger partial charge in [-0.25, -0.2) is 4.79 Å². The third-order valence-electron chi connectivity index (χ3n) is 3.88. The van der Waals surface area contributed by atoms with E-state index in [1.807, 2.05) is 24.3 Å². The van der Waals surface area contributed by atoms with E-state index in [4.69, 9.17) is 4.74 Å². The van der Waals surface area contributed by atoms with Crippen molar-refractivity contribution in [3.05, 3.63) is 24.3 Å². The van der Waals surface area contributed by atoms with E-state index in [0.717, 1.165) is 24.5 Å². The molecule has 2 heterocycles. The largest absolute Gasteiger partial charge is 0.447 e. The first-order valence-corrected chi connectivity index (χ1v) is 7.34. The number of rotatable bonds is 4. The van der Waals surface area contributed by atoms with Gasteiger partial charge in [0.05, 0.1) is 6.54 Å². The van der Waals surface area contributed by atoms with E-state index in [0.29, 0.717) is 19.2 Å². The average molecular weight is 275 g/mol. The normalized spacial score (nSPS) is 22.7. The van der Waals surface area contributed by atoms with Crippen LogP contribution in [0.15, 0.2) is 24.3 Å². The van der Waals surface area contributed by atoms with Crippen molar-refractivity contribution in [1.29, 1.82) is 0 Å². The number of ether oxygens (including phenoxy) is 1. The first-order chi connectivity index (χ1) is 9.83. The van der Waals surface area contributed by atoms with Crippen molar-refractivity contribution >= 4 is 17.5 Å². The van der Waals surface area contributed by atoms with Crippen molar-refractivity contribution in [1.82, 2.24) is 5.32 Å². The number of anilines is 2. The minimum atomic E-state index is -0.254. The SMILES string of the molecule is O=C1OCCN1c1cccc(NCC2CCCCN2)c1. The Morgan fingerprint density at radius 2 is 2.35 bits per heavy atom. The number of piperidine rings is 1. The zero-order valence-electron chi connectivity index (χ0n) is 11.6. The molecule has 5 nitrogen and oxygen atoms in total. The van der Waals surface area contributed by atoms with Gasteiger partial charge in [-0.2, -0.15) is 0 Å². The zero-order valence-corrected chi connectivity index (χ0v) is 11.6. The molecule has 1 aromatic carbocycles. The van der Waals surface area contributed by atoms with Gasteiger partial charge >= 0.3 is 6.09 Å². The molecule has 0 spiro atoms. The van der Waals surface area contributed by atoms with Crippen LogP contribution in [-0.2, 0) is 4.74 Å². The molecule has 2 N–H and O–H groups in total. The third kappa shape index (κ3) is 3.04. The molecule has 1 unspecified atom stereocenters. The number of benzene rings is 1. The Kier molecular flexibility index (Phi) is 4.06. The monoisotopic (exact) mass is 275 g/mol. The van der Waals surface area contributed by atoms with E-state index in [1.165, 1.54) is 19.3 Å². The smallest absolute Gasteiger partial charge is 0.414 e. The van der Waals surface area contributed by atoms with Crippen LogP contribution in [0.3, 0.4) is 0 Å². The number of hydrogen-bond donors (Lipinski definition) is 2. The lowest BCUT2D eigenvalue weighted by molar-refractivity contribution is 0.181. The summed E-state index contributed by atoms with van der Waals surface area (Å²) in [6.07, 6.45) is 3.56. The van der Waals surface area contributed by atoms with Crippen LogP contribution in [0.2, 0.25) is 0 Å². The van der Waals surface area contributed by atoms with Gasteiger partial charge in [0.2, 0.25) is 0 Å². The van der Waals surface area contributed by atoms with Gasteiger partial charge < -0.3 is 15.4 Å². The van der Waals surface area contributed by atoms with Crippen molar-refractivity contribution < 1.29 is 9.53 Å². The van der Waals surface area contributed by atoms with Crippen molar-refractivity contribution in [3.8, 4) is 0 Å². The summed E-state index contributed by atoms with van der Waals surface area (Å²) >= 11 is 0. The van der Waals surface area contributed by atoms with Crippen LogP contribution in [0.5, 0.6) is 0 Å². The molecule has 0 saturated carbocycles. The Morgan fingerprint density at radius 3 is 3.10 bits per heavy atom. The van der Waals surface area contributed by atoms with Crippen LogP contribution in [0, 0.1) is 0 Å². The molecule has 5 heteroatoms. The molecule has 3 rings (SSSR count). The average Bonchev–Trinajstić information content (AvgIpc) is 2.93. The summed E-state index contributed by atoms with van der Waals surface area (Å²) in [5, 5.41) is 6.97. The second-order valence-corrected chi connectivity index (χ2v) is 5.34. The maximum Gasteiger partial charge on any atom is 0.414 e. The van der Waals surface area contributed by atoms with Crippen LogP contribution in [0.25, 0.3) is 0 Å². The third-order valence-corrected chi connectivity index (χ3v) is 3.88. The molecule has 0 aromatic heterocycles. The molecule has 1 atom stereocenters. The van der Waals surface area contributed by atoms with Gasteiger partial charge in [-0.15, -0.1) is 0 Å². The molecule has 2 aliphatic rings. The molecule has 0 bridgehead atoms. The molecular formula is C15H21N3O2. The lowest BCUT2D eigenvalue weighted by Gasteiger charge is -2.24. The number of amides is 1. The predicted octanol–water partition coefficient (Wildman–Crippen LogP) is 2.20. The summed E-state index contributed by atoms with van der Waals surface area (Å²) in [5.74, 6) is 0. The lowest BCUT2D eigenvalue weighted by atomic mass is 10.1. The fraction of sp³-hybridized carbons (Fsp3) is 0.533. The molecule has 20 heavy (non-hydrogen) atoms. The maximum atomic E-state index is 11.6. The number of carbonyl (C=O) groups excluding carboxylic acids is 1. The molecule has 2 aliphatic heterocycles. The van der Waals surface area contributed by atoms with Gasteiger partial charge in [0.1, 0.15) is 6.61 Å². The topological polar surface area (TPSA) is 53.6 Å². The fourth-order valence-corrected chi connectivity index (χ4v) is 2.75. The van der Waals surface area contributed by atoms with Crippen molar-refractivity contribution in [2.24, 2.45) is 0 Å². The Morgan fingerprint density at radius 1 is 1.40 bits per heavy atom. The minimum absolute atomic E-state index is 0.254. The van der Waals surface area contributed by atoms with E-state index in [9.17, 15) is 4.79 Å². The van der Waals surface area contributed by atoms with E-state index < -0.39 is 0 Å². The first kappa shape index (κ1) is 13.2. The number of hydrogen-bond acceptors (Lipinski definition) is 4. The highest BCUT2D eigenvalue weighted by molar-refractivity contribution is 5.89. The number of nitrogens with zero attached hydrogens (tertiary/aromatic N) is 1. The van der Waals surface area contributed by atoms with E-state index >= 15 is 0 Å². The summed E-state index contributed by atoms with van der Waals surface area (Å²) in [6, 6.07) is 8.50. The molecule has 0 aliphatic carbocycles. The van der Waals surface area contributed by atoms with Crippen LogP contribution < -0.4 is 15.5 Å². The second-order valence-electron chi connectivity index (χ2n) is 5.34. The molecule has 2 saturated heterocycles. The molecule has 1 aromatic rings. The zero-order chi connectivity index (χ0) is 13.8. The minimum Gasteiger partial charge on any atom is -0.447 e. The summed E-state index contributed by atoms with van der Waals surface area (Å²) in [7, 11) is 0. The Balaban J connectivity index is 1.60. The summed E-state index contributed by atoms with van der Waals surface area (Å²) in [4.78, 5) is 13.2. The lowest BCUT2D eigenvalue weighted by Crippen LogP contribution is -2.39. The highest BCUT2D eigenvalue weighted by Gasteiger charge is 2.23. The fourth-order valence-electron chi connectivity index (χ4n) is 2.75. The molecule has 1 amide bonds. The predicted molar refractivity (Wildman–Crippen MR) is 79.3 cm³/mol. The van der Waals surface area contributed by atoms with Crippen LogP contribution >= 0.6 is 0 Å². The Hall–Kier alpha value is -1.75. The maximum absolute atomic E-state index is 11.6. The van der Waals surface area contributed by atoms with Crippen molar-refractivity contribution in [3.63, 3.8) is 0 Å². The van der Waals surface area contributed by atoms with Gasteiger partial charge in [-0.05, 0) is 37.6 Å². The van der Waals surface area contributed by atoms with E-state index in [1.54, 1.807) is 4.90 Å². The number of nitrogens with one attached hydrogen (secondary N) is 2. The van der Waals surface area contributed by atoms with Crippen LogP contribution in [-0.4, -0.2) is 38.4 Å². The van der Waals surface area contributed by atoms with Crippen LogP contribution in [0.4, 0.5) is 16.2 Å². The van der Waals surface area contributed by atoms with Gasteiger partial charge in [0.15, 0.2) is 0 Å². The summed E-state index contributed by atoms with van der Waals surface area (Å²) in [5.41, 5.74) is 1.95. The van der Waals surface area contributed by atoms with Gasteiger partial charge in [0, 0.05) is 24.0 Å². The standard InChI is InChI=1S/C15H21N3O2/c19-15-18(8-9-20-15)14-6-3-5-12(10-14)17-11-13-4-1-2-7-16-13/h3,5-6,10,13,16-17H,1-2,4,7-9,11H2. The molecular weight excluding hydrogens is 254 g/mol. The molecule has 2 fully saturated rings. The van der Waals surface area contributed by atoms with E-state index in [2.05, 4.69) is 10.6 Å².